The highest BCUT2D eigenvalue weighted by atomic mass is 32.1. The molecule has 0 radical (unpaired) electrons. The van der Waals surface area contributed by atoms with Gasteiger partial charge in [-0.3, -0.25) is 19.7 Å². The maximum Gasteiger partial charge on any atom is 0.270 e. The lowest BCUT2D eigenvalue weighted by Crippen LogP contribution is -2.27. The summed E-state index contributed by atoms with van der Waals surface area (Å²) in [4.78, 5) is 39.0. The van der Waals surface area contributed by atoms with Crippen molar-refractivity contribution in [3.8, 4) is 11.3 Å². The first-order valence-electron chi connectivity index (χ1n) is 7.85. The molecule has 0 spiro atoms. The van der Waals surface area contributed by atoms with Crippen molar-refractivity contribution in [3.63, 3.8) is 0 Å². The Morgan fingerprint density at radius 3 is 2.78 bits per heavy atom. The molecule has 3 rings (SSSR count). The van der Waals surface area contributed by atoms with Gasteiger partial charge in [-0.2, -0.15) is 0 Å². The molecule has 0 unspecified atom stereocenters. The van der Waals surface area contributed by atoms with E-state index in [1.807, 2.05) is 5.38 Å². The fourth-order valence-electron chi connectivity index (χ4n) is 2.21. The third-order valence-corrected chi connectivity index (χ3v) is 5.11. The summed E-state index contributed by atoms with van der Waals surface area (Å²) in [5.41, 5.74) is 1.13. The molecule has 2 heterocycles. The van der Waals surface area contributed by atoms with Crippen molar-refractivity contribution in [3.05, 3.63) is 62.1 Å². The molecule has 0 aliphatic heterocycles. The molecule has 0 fully saturated rings. The number of thiophene rings is 1. The number of anilines is 1. The Bertz CT molecular complexity index is 969. The molecule has 3 aromatic rings. The predicted molar refractivity (Wildman–Crippen MR) is 104 cm³/mol. The summed E-state index contributed by atoms with van der Waals surface area (Å²) in [6.45, 7) is 0.214. The molecule has 27 heavy (non-hydrogen) atoms. The van der Waals surface area contributed by atoms with Crippen LogP contribution in [0.5, 0.6) is 0 Å². The quantitative estimate of drug-likeness (QED) is 0.463. The Morgan fingerprint density at radius 1 is 1.19 bits per heavy atom. The molecule has 0 saturated carbocycles. The smallest absolute Gasteiger partial charge is 0.270 e. The summed E-state index contributed by atoms with van der Waals surface area (Å²) in [6.07, 6.45) is 0.114. The van der Waals surface area contributed by atoms with E-state index >= 15 is 0 Å². The molecule has 138 valence electrons. The van der Waals surface area contributed by atoms with Crippen molar-refractivity contribution in [2.75, 3.05) is 11.9 Å². The SMILES string of the molecule is O=C(CCNC(=O)c1cccs1)Nc1nc(-c2cccc([N+](=O)[O-])c2)cs1. The zero-order chi connectivity index (χ0) is 19.2. The highest BCUT2D eigenvalue weighted by Gasteiger charge is 2.12. The monoisotopic (exact) mass is 402 g/mol. The van der Waals surface area contributed by atoms with Gasteiger partial charge < -0.3 is 10.6 Å². The minimum Gasteiger partial charge on any atom is -0.351 e. The van der Waals surface area contributed by atoms with Crippen LogP contribution in [0.2, 0.25) is 0 Å². The summed E-state index contributed by atoms with van der Waals surface area (Å²) >= 11 is 2.56. The number of hydrogen-bond acceptors (Lipinski definition) is 7. The van der Waals surface area contributed by atoms with Gasteiger partial charge in [0.05, 0.1) is 15.5 Å². The number of aromatic nitrogens is 1. The molecule has 2 aromatic heterocycles. The Hall–Kier alpha value is -3.11. The highest BCUT2D eigenvalue weighted by molar-refractivity contribution is 7.14. The van der Waals surface area contributed by atoms with Crippen molar-refractivity contribution < 1.29 is 14.5 Å². The third kappa shape index (κ3) is 4.96. The molecule has 0 aliphatic rings. The van der Waals surface area contributed by atoms with Crippen LogP contribution >= 0.6 is 22.7 Å². The van der Waals surface area contributed by atoms with E-state index in [1.54, 1.807) is 29.6 Å². The van der Waals surface area contributed by atoms with Crippen LogP contribution in [0.25, 0.3) is 11.3 Å². The molecule has 0 atom stereocenters. The molecule has 10 heteroatoms. The van der Waals surface area contributed by atoms with Crippen molar-refractivity contribution in [1.82, 2.24) is 10.3 Å². The van der Waals surface area contributed by atoms with Crippen molar-refractivity contribution >= 4 is 45.3 Å². The third-order valence-electron chi connectivity index (χ3n) is 3.49. The van der Waals surface area contributed by atoms with Crippen LogP contribution < -0.4 is 10.6 Å². The molecule has 0 bridgehead atoms. The number of rotatable bonds is 7. The number of benzene rings is 1. The van der Waals surface area contributed by atoms with E-state index in [0.29, 0.717) is 21.3 Å². The van der Waals surface area contributed by atoms with E-state index in [-0.39, 0.29) is 30.5 Å². The minimum absolute atomic E-state index is 0.0208. The lowest BCUT2D eigenvalue weighted by molar-refractivity contribution is -0.384. The number of hydrogen-bond donors (Lipinski definition) is 2. The normalized spacial score (nSPS) is 10.4. The van der Waals surface area contributed by atoms with Gasteiger partial charge in [0.15, 0.2) is 5.13 Å². The zero-order valence-corrected chi connectivity index (χ0v) is 15.5. The molecule has 1 aromatic carbocycles. The fourth-order valence-corrected chi connectivity index (χ4v) is 3.58. The van der Waals surface area contributed by atoms with E-state index in [1.165, 1.54) is 34.8 Å². The zero-order valence-electron chi connectivity index (χ0n) is 13.9. The molecular formula is C17H14N4O4S2. The van der Waals surface area contributed by atoms with Crippen molar-refractivity contribution in [2.45, 2.75) is 6.42 Å². The summed E-state index contributed by atoms with van der Waals surface area (Å²) in [5.74, 6) is -0.485. The van der Waals surface area contributed by atoms with Gasteiger partial charge in [0.2, 0.25) is 5.91 Å². The van der Waals surface area contributed by atoms with Gasteiger partial charge in [-0.15, -0.1) is 22.7 Å². The lowest BCUT2D eigenvalue weighted by Gasteiger charge is -2.03. The number of nitrogens with zero attached hydrogens (tertiary/aromatic N) is 2. The standard InChI is InChI=1S/C17H14N4O4S2/c22-15(6-7-18-16(23)14-5-2-8-26-14)20-17-19-13(10-27-17)11-3-1-4-12(9-11)21(24)25/h1-5,8-10H,6-7H2,(H,18,23)(H,19,20,22). The first-order valence-corrected chi connectivity index (χ1v) is 9.61. The number of carbonyl (C=O) groups excluding carboxylic acids is 2. The van der Waals surface area contributed by atoms with Crippen molar-refractivity contribution in [2.24, 2.45) is 0 Å². The Kier molecular flexibility index (Phi) is 5.89. The Labute approximate surface area is 162 Å². The first-order chi connectivity index (χ1) is 13.0. The number of nitrogens with one attached hydrogen (secondary N) is 2. The van der Waals surface area contributed by atoms with Crippen molar-refractivity contribution in [1.29, 1.82) is 0 Å². The van der Waals surface area contributed by atoms with Crippen LogP contribution in [0.15, 0.2) is 47.2 Å². The average Bonchev–Trinajstić information content (AvgIpc) is 3.34. The molecule has 0 aliphatic carbocycles. The number of nitro benzene ring substituents is 1. The Morgan fingerprint density at radius 2 is 2.04 bits per heavy atom. The van der Waals surface area contributed by atoms with E-state index < -0.39 is 4.92 Å². The summed E-state index contributed by atoms with van der Waals surface area (Å²) < 4.78 is 0. The first kappa shape index (κ1) is 18.7. The number of non-ortho nitro benzene ring substituents is 1. The summed E-state index contributed by atoms with van der Waals surface area (Å²) in [7, 11) is 0. The van der Waals surface area contributed by atoms with Crippen LogP contribution in [0.1, 0.15) is 16.1 Å². The van der Waals surface area contributed by atoms with Gasteiger partial charge in [0.1, 0.15) is 0 Å². The van der Waals surface area contributed by atoms with Gasteiger partial charge in [-0.25, -0.2) is 4.98 Å². The van der Waals surface area contributed by atoms with Gasteiger partial charge in [-0.05, 0) is 11.4 Å². The van der Waals surface area contributed by atoms with Gasteiger partial charge in [0.25, 0.3) is 11.6 Å². The van der Waals surface area contributed by atoms with Crippen LogP contribution in [0.4, 0.5) is 10.8 Å². The minimum atomic E-state index is -0.469. The molecule has 0 saturated heterocycles. The Balaban J connectivity index is 1.53. The van der Waals surface area contributed by atoms with Crippen LogP contribution in [0, 0.1) is 10.1 Å². The second-order valence-corrected chi connectivity index (χ2v) is 7.18. The van der Waals surface area contributed by atoms with Crippen LogP contribution in [0.3, 0.4) is 0 Å². The highest BCUT2D eigenvalue weighted by Crippen LogP contribution is 2.27. The lowest BCUT2D eigenvalue weighted by atomic mass is 10.1. The van der Waals surface area contributed by atoms with E-state index in [0.717, 1.165) is 0 Å². The van der Waals surface area contributed by atoms with Crippen LogP contribution in [-0.2, 0) is 4.79 Å². The second-order valence-electron chi connectivity index (χ2n) is 5.38. The topological polar surface area (TPSA) is 114 Å². The molecule has 8 nitrogen and oxygen atoms in total. The second kappa shape index (κ2) is 8.52. The largest absolute Gasteiger partial charge is 0.351 e. The van der Waals surface area contributed by atoms with E-state index in [4.69, 9.17) is 0 Å². The maximum atomic E-state index is 12.0. The maximum absolute atomic E-state index is 12.0. The average molecular weight is 402 g/mol. The van der Waals surface area contributed by atoms with Crippen LogP contribution in [-0.4, -0.2) is 28.3 Å². The summed E-state index contributed by atoms with van der Waals surface area (Å²) in [6, 6.07) is 9.64. The molecular weight excluding hydrogens is 388 g/mol. The molecule has 2 amide bonds. The van der Waals surface area contributed by atoms with Gasteiger partial charge >= 0.3 is 0 Å². The number of nitro groups is 1. The van der Waals surface area contributed by atoms with E-state index in [2.05, 4.69) is 15.6 Å². The molecule has 2 N–H and O–H groups in total. The number of thiazole rings is 1. The number of carbonyl (C=O) groups is 2. The van der Waals surface area contributed by atoms with E-state index in [9.17, 15) is 19.7 Å². The van der Waals surface area contributed by atoms with Gasteiger partial charge in [-0.1, -0.05) is 18.2 Å². The fraction of sp³-hybridized carbons (Fsp3) is 0.118. The van der Waals surface area contributed by atoms with Gasteiger partial charge in [0, 0.05) is 36.0 Å². The number of amides is 2. The predicted octanol–water partition coefficient (Wildman–Crippen LogP) is 3.54. The summed E-state index contributed by atoms with van der Waals surface area (Å²) in [5, 5.41) is 20.1.